The number of amides is 2. The first kappa shape index (κ1) is 33.2. The van der Waals surface area contributed by atoms with Crippen LogP contribution >= 0.6 is 23.2 Å². The van der Waals surface area contributed by atoms with Crippen LogP contribution in [0.15, 0.2) is 77.7 Å². The lowest BCUT2D eigenvalue weighted by atomic mass is 10.1. The van der Waals surface area contributed by atoms with E-state index in [-0.39, 0.29) is 22.9 Å². The van der Waals surface area contributed by atoms with Crippen LogP contribution in [0.3, 0.4) is 0 Å². The Balaban J connectivity index is 2.14. The monoisotopic (exact) mass is 643 g/mol. The van der Waals surface area contributed by atoms with Gasteiger partial charge in [0.25, 0.3) is 10.0 Å². The second kappa shape index (κ2) is 14.3. The SMILES string of the molecule is CCCNC(=O)[C@H](CC)N(Cc1ccc(Cl)cc1)C(=O)CN(c1cc(C(F)(F)F)ccc1Cl)S(=O)(=O)c1ccccc1. The average Bonchev–Trinajstić information content (AvgIpc) is 2.95. The Kier molecular flexibility index (Phi) is 11.3. The van der Waals surface area contributed by atoms with Gasteiger partial charge in [0.2, 0.25) is 11.8 Å². The van der Waals surface area contributed by atoms with Crippen molar-refractivity contribution < 1.29 is 31.2 Å². The lowest BCUT2D eigenvalue weighted by molar-refractivity contribution is -0.140. The van der Waals surface area contributed by atoms with Crippen molar-refractivity contribution in [3.05, 3.63) is 94.0 Å². The summed E-state index contributed by atoms with van der Waals surface area (Å²) < 4.78 is 69.2. The molecule has 2 amide bonds. The second-order valence-electron chi connectivity index (χ2n) is 9.35. The van der Waals surface area contributed by atoms with Gasteiger partial charge in [0.05, 0.1) is 21.2 Å². The molecule has 3 rings (SSSR count). The zero-order valence-corrected chi connectivity index (χ0v) is 25.2. The number of benzene rings is 3. The third-order valence-electron chi connectivity index (χ3n) is 6.35. The zero-order chi connectivity index (χ0) is 31.1. The van der Waals surface area contributed by atoms with Crippen LogP contribution in [0, 0.1) is 0 Å². The van der Waals surface area contributed by atoms with E-state index in [1.54, 1.807) is 37.3 Å². The summed E-state index contributed by atoms with van der Waals surface area (Å²) in [4.78, 5) is 28.0. The molecule has 42 heavy (non-hydrogen) atoms. The highest BCUT2D eigenvalue weighted by atomic mass is 35.5. The number of nitrogens with zero attached hydrogens (tertiary/aromatic N) is 2. The normalized spacial score (nSPS) is 12.5. The maximum atomic E-state index is 14.0. The van der Waals surface area contributed by atoms with E-state index in [0.717, 1.165) is 12.1 Å². The minimum absolute atomic E-state index is 0.0936. The number of carbonyl (C=O) groups is 2. The molecule has 0 unspecified atom stereocenters. The van der Waals surface area contributed by atoms with Crippen LogP contribution in [0.2, 0.25) is 10.0 Å². The molecular weight excluding hydrogens is 614 g/mol. The number of hydrogen-bond donors (Lipinski definition) is 1. The molecule has 3 aromatic carbocycles. The maximum Gasteiger partial charge on any atom is 0.416 e. The number of nitrogens with one attached hydrogen (secondary N) is 1. The van der Waals surface area contributed by atoms with Gasteiger partial charge in [-0.15, -0.1) is 0 Å². The molecule has 0 aliphatic heterocycles. The largest absolute Gasteiger partial charge is 0.416 e. The lowest BCUT2D eigenvalue weighted by Gasteiger charge is -2.33. The molecule has 0 aromatic heterocycles. The summed E-state index contributed by atoms with van der Waals surface area (Å²) in [7, 11) is -4.60. The Bertz CT molecular complexity index is 1490. The van der Waals surface area contributed by atoms with Crippen molar-refractivity contribution in [1.82, 2.24) is 10.2 Å². The maximum absolute atomic E-state index is 14.0. The molecule has 0 spiro atoms. The second-order valence-corrected chi connectivity index (χ2v) is 12.1. The van der Waals surface area contributed by atoms with Crippen LogP contribution in [-0.2, 0) is 32.3 Å². The summed E-state index contributed by atoms with van der Waals surface area (Å²) in [6.45, 7) is 2.89. The zero-order valence-electron chi connectivity index (χ0n) is 22.9. The molecule has 0 fully saturated rings. The number of anilines is 1. The topological polar surface area (TPSA) is 86.8 Å². The first-order valence-corrected chi connectivity index (χ1v) is 15.2. The van der Waals surface area contributed by atoms with Gasteiger partial charge in [-0.05, 0) is 60.9 Å². The van der Waals surface area contributed by atoms with Crippen LogP contribution in [-0.4, -0.2) is 44.3 Å². The van der Waals surface area contributed by atoms with Gasteiger partial charge < -0.3 is 10.2 Å². The summed E-state index contributed by atoms with van der Waals surface area (Å²) in [5.41, 5.74) is -1.08. The molecule has 0 aliphatic rings. The molecule has 0 saturated carbocycles. The molecule has 226 valence electrons. The van der Waals surface area contributed by atoms with Crippen LogP contribution in [0.5, 0.6) is 0 Å². The average molecular weight is 645 g/mol. The van der Waals surface area contributed by atoms with Gasteiger partial charge >= 0.3 is 6.18 Å². The predicted molar refractivity (Wildman–Crippen MR) is 157 cm³/mol. The highest BCUT2D eigenvalue weighted by Crippen LogP contribution is 2.37. The molecule has 0 saturated heterocycles. The fraction of sp³-hybridized carbons (Fsp3) is 0.310. The summed E-state index contributed by atoms with van der Waals surface area (Å²) >= 11 is 12.3. The standard InChI is InChI=1S/C29H30Cl2F3N3O4S/c1-3-16-35-28(39)25(4-2)36(18-20-10-13-22(30)14-11-20)27(38)19-37(42(40,41)23-8-6-5-7-9-23)26-17-21(29(32,33)34)12-15-24(26)31/h5-15,17,25H,3-4,16,18-19H2,1-2H3,(H,35,39)/t25-/m0/s1. The minimum atomic E-state index is -4.81. The first-order valence-electron chi connectivity index (χ1n) is 13.1. The van der Waals surface area contributed by atoms with Crippen molar-refractivity contribution >= 4 is 50.7 Å². The van der Waals surface area contributed by atoms with Gasteiger partial charge in [0.15, 0.2) is 0 Å². The Morgan fingerprint density at radius 1 is 0.952 bits per heavy atom. The number of rotatable bonds is 12. The van der Waals surface area contributed by atoms with Gasteiger partial charge in [0.1, 0.15) is 12.6 Å². The van der Waals surface area contributed by atoms with Crippen LogP contribution in [0.4, 0.5) is 18.9 Å². The van der Waals surface area contributed by atoms with E-state index < -0.39 is 51.9 Å². The molecule has 0 heterocycles. The molecule has 1 atom stereocenters. The molecule has 1 N–H and O–H groups in total. The fourth-order valence-corrected chi connectivity index (χ4v) is 6.03. The van der Waals surface area contributed by atoms with E-state index in [2.05, 4.69) is 5.32 Å². The van der Waals surface area contributed by atoms with E-state index in [1.807, 2.05) is 6.92 Å². The van der Waals surface area contributed by atoms with E-state index >= 15 is 0 Å². The van der Waals surface area contributed by atoms with E-state index in [4.69, 9.17) is 23.2 Å². The van der Waals surface area contributed by atoms with Crippen molar-refractivity contribution in [3.63, 3.8) is 0 Å². The molecule has 7 nitrogen and oxygen atoms in total. The van der Waals surface area contributed by atoms with Crippen molar-refractivity contribution in [2.75, 3.05) is 17.4 Å². The van der Waals surface area contributed by atoms with Gasteiger partial charge in [-0.1, -0.05) is 67.4 Å². The Morgan fingerprint density at radius 2 is 1.60 bits per heavy atom. The predicted octanol–water partition coefficient (Wildman–Crippen LogP) is 6.54. The fourth-order valence-electron chi connectivity index (χ4n) is 4.19. The summed E-state index contributed by atoms with van der Waals surface area (Å²) in [6.07, 6.45) is -3.98. The molecule has 0 radical (unpaired) electrons. The number of alkyl halides is 3. The van der Waals surface area contributed by atoms with Gasteiger partial charge in [-0.2, -0.15) is 13.2 Å². The third kappa shape index (κ3) is 8.17. The van der Waals surface area contributed by atoms with E-state index in [9.17, 15) is 31.2 Å². The minimum Gasteiger partial charge on any atom is -0.354 e. The highest BCUT2D eigenvalue weighted by Gasteiger charge is 2.36. The van der Waals surface area contributed by atoms with Gasteiger partial charge in [-0.25, -0.2) is 8.42 Å². The smallest absolute Gasteiger partial charge is 0.354 e. The molecular formula is C29H30Cl2F3N3O4S. The number of carbonyl (C=O) groups excluding carboxylic acids is 2. The number of halogens is 5. The first-order chi connectivity index (χ1) is 19.8. The van der Waals surface area contributed by atoms with Crippen molar-refractivity contribution in [1.29, 1.82) is 0 Å². The Labute approximate surface area is 253 Å². The summed E-state index contributed by atoms with van der Waals surface area (Å²) in [5, 5.41) is 2.89. The van der Waals surface area contributed by atoms with Crippen LogP contribution in [0.25, 0.3) is 0 Å². The highest BCUT2D eigenvalue weighted by molar-refractivity contribution is 7.92. The lowest BCUT2D eigenvalue weighted by Crippen LogP contribution is -2.52. The number of hydrogen-bond acceptors (Lipinski definition) is 4. The quantitative estimate of drug-likeness (QED) is 0.243. The van der Waals surface area contributed by atoms with E-state index in [0.29, 0.717) is 33.9 Å². The van der Waals surface area contributed by atoms with Crippen molar-refractivity contribution in [2.45, 2.75) is 50.3 Å². The number of sulfonamides is 1. The third-order valence-corrected chi connectivity index (χ3v) is 8.70. The Morgan fingerprint density at radius 3 is 2.17 bits per heavy atom. The molecule has 0 aliphatic carbocycles. The van der Waals surface area contributed by atoms with E-state index in [1.165, 1.54) is 29.2 Å². The molecule has 3 aromatic rings. The Hall–Kier alpha value is -3.28. The molecule has 13 heteroatoms. The van der Waals surface area contributed by atoms with Crippen LogP contribution in [0.1, 0.15) is 37.8 Å². The van der Waals surface area contributed by atoms with Gasteiger partial charge in [-0.3, -0.25) is 13.9 Å². The molecule has 0 bridgehead atoms. The summed E-state index contributed by atoms with van der Waals surface area (Å²) in [6, 6.07) is 14.7. The van der Waals surface area contributed by atoms with Gasteiger partial charge in [0, 0.05) is 18.1 Å². The van der Waals surface area contributed by atoms with Crippen molar-refractivity contribution in [2.24, 2.45) is 0 Å². The van der Waals surface area contributed by atoms with Crippen LogP contribution < -0.4 is 9.62 Å². The van der Waals surface area contributed by atoms with Crippen molar-refractivity contribution in [3.8, 4) is 0 Å². The summed E-state index contributed by atoms with van der Waals surface area (Å²) in [5.74, 6) is -1.27.